The average Bonchev–Trinajstić information content (AvgIpc) is 2.40. The first kappa shape index (κ1) is 16.8. The summed E-state index contributed by atoms with van der Waals surface area (Å²) in [6.45, 7) is 0.742. The van der Waals surface area contributed by atoms with E-state index >= 15 is 0 Å². The number of amides is 3. The van der Waals surface area contributed by atoms with Crippen molar-refractivity contribution in [2.45, 2.75) is 4.90 Å². The van der Waals surface area contributed by atoms with Gasteiger partial charge in [-0.15, -0.1) is 11.8 Å². The summed E-state index contributed by atoms with van der Waals surface area (Å²) in [6, 6.07) is 4.87. The lowest BCUT2D eigenvalue weighted by atomic mass is 10.3. The van der Waals surface area contributed by atoms with Gasteiger partial charge < -0.3 is 15.8 Å². The van der Waals surface area contributed by atoms with Crippen molar-refractivity contribution in [2.75, 3.05) is 31.7 Å². The van der Waals surface area contributed by atoms with Crippen LogP contribution in [0.1, 0.15) is 0 Å². The first-order valence-electron chi connectivity index (χ1n) is 5.77. The number of rotatable bonds is 6. The topological polar surface area (TPSA) is 93.5 Å². The van der Waals surface area contributed by atoms with Gasteiger partial charge in [-0.2, -0.15) is 0 Å². The summed E-state index contributed by atoms with van der Waals surface area (Å²) in [6.07, 6.45) is 0. The molecule has 0 radical (unpaired) electrons. The fourth-order valence-corrected chi connectivity index (χ4v) is 2.57. The largest absolute Gasteiger partial charge is 0.398 e. The third-order valence-electron chi connectivity index (χ3n) is 2.18. The van der Waals surface area contributed by atoms with E-state index in [4.69, 9.17) is 10.5 Å². The van der Waals surface area contributed by atoms with E-state index in [0.29, 0.717) is 18.8 Å². The van der Waals surface area contributed by atoms with Crippen LogP contribution in [-0.4, -0.2) is 38.0 Å². The molecule has 0 aromatic heterocycles. The lowest BCUT2D eigenvalue weighted by Gasteiger charge is -2.07. The SMILES string of the molecule is COCCNC(=O)NC(=O)CSc1cc(Br)ccc1N. The Morgan fingerprint density at radius 1 is 1.45 bits per heavy atom. The molecule has 3 amide bonds. The standard InChI is InChI=1S/C12H16BrN3O3S/c1-19-5-4-15-12(18)16-11(17)7-20-10-6-8(13)2-3-9(10)14/h2-3,6H,4-5,7,14H2,1H3,(H2,15,16,17,18). The Hall–Kier alpha value is -1.25. The maximum absolute atomic E-state index is 11.6. The number of halogens is 1. The molecule has 0 bridgehead atoms. The third-order valence-corrected chi connectivity index (χ3v) is 3.74. The molecule has 0 aliphatic rings. The molecule has 4 N–H and O–H groups in total. The number of nitrogen functional groups attached to an aromatic ring is 1. The van der Waals surface area contributed by atoms with Gasteiger partial charge in [-0.25, -0.2) is 4.79 Å². The number of benzene rings is 1. The number of nitrogens with two attached hydrogens (primary N) is 1. The summed E-state index contributed by atoms with van der Waals surface area (Å²) in [5.74, 6) is -0.275. The van der Waals surface area contributed by atoms with E-state index in [0.717, 1.165) is 9.37 Å². The second kappa shape index (κ2) is 8.83. The molecule has 1 aromatic carbocycles. The van der Waals surface area contributed by atoms with Gasteiger partial charge in [-0.1, -0.05) is 15.9 Å². The Kier molecular flexibility index (Phi) is 7.42. The predicted octanol–water partition coefficient (Wildman–Crippen LogP) is 1.60. The number of urea groups is 1. The molecule has 0 aliphatic carbocycles. The molecule has 0 heterocycles. The Bertz CT molecular complexity index is 485. The second-order valence-electron chi connectivity index (χ2n) is 3.77. The number of nitrogens with one attached hydrogen (secondary N) is 2. The van der Waals surface area contributed by atoms with E-state index in [-0.39, 0.29) is 11.7 Å². The van der Waals surface area contributed by atoms with Gasteiger partial charge in [0.1, 0.15) is 0 Å². The van der Waals surface area contributed by atoms with Gasteiger partial charge in [0.05, 0.1) is 12.4 Å². The predicted molar refractivity (Wildman–Crippen MR) is 82.7 cm³/mol. The second-order valence-corrected chi connectivity index (χ2v) is 5.70. The highest BCUT2D eigenvalue weighted by atomic mass is 79.9. The number of carbonyl (C=O) groups excluding carboxylic acids is 2. The van der Waals surface area contributed by atoms with Crippen molar-refractivity contribution in [3.05, 3.63) is 22.7 Å². The van der Waals surface area contributed by atoms with Gasteiger partial charge in [0.15, 0.2) is 0 Å². The van der Waals surface area contributed by atoms with Gasteiger partial charge in [0, 0.05) is 28.7 Å². The molecule has 0 spiro atoms. The van der Waals surface area contributed by atoms with Crippen LogP contribution < -0.4 is 16.4 Å². The van der Waals surface area contributed by atoms with Crippen molar-refractivity contribution in [3.8, 4) is 0 Å². The fourth-order valence-electron chi connectivity index (χ4n) is 1.25. The number of carbonyl (C=O) groups is 2. The quantitative estimate of drug-likeness (QED) is 0.406. The zero-order valence-electron chi connectivity index (χ0n) is 10.9. The Balaban J connectivity index is 2.36. The van der Waals surface area contributed by atoms with Crippen molar-refractivity contribution in [1.82, 2.24) is 10.6 Å². The first-order chi connectivity index (χ1) is 9.52. The Morgan fingerprint density at radius 3 is 2.90 bits per heavy atom. The van der Waals surface area contributed by atoms with Crippen LogP contribution in [0, 0.1) is 0 Å². The Labute approximate surface area is 129 Å². The number of hydrogen-bond donors (Lipinski definition) is 3. The smallest absolute Gasteiger partial charge is 0.321 e. The molecule has 1 aromatic rings. The van der Waals surface area contributed by atoms with E-state index in [1.807, 2.05) is 12.1 Å². The van der Waals surface area contributed by atoms with Crippen LogP contribution in [-0.2, 0) is 9.53 Å². The van der Waals surface area contributed by atoms with Crippen molar-refractivity contribution in [3.63, 3.8) is 0 Å². The molecule has 1 rings (SSSR count). The molecule has 0 aliphatic heterocycles. The average molecular weight is 362 g/mol. The molecule has 6 nitrogen and oxygen atoms in total. The summed E-state index contributed by atoms with van der Waals surface area (Å²) >= 11 is 4.60. The summed E-state index contributed by atoms with van der Waals surface area (Å²) in [4.78, 5) is 23.7. The van der Waals surface area contributed by atoms with Crippen LogP contribution in [0.15, 0.2) is 27.6 Å². The van der Waals surface area contributed by atoms with Gasteiger partial charge in [0.2, 0.25) is 5.91 Å². The molecular formula is C12H16BrN3O3S. The molecule has 110 valence electrons. The van der Waals surface area contributed by atoms with E-state index in [1.165, 1.54) is 18.9 Å². The molecule has 0 fully saturated rings. The number of thioether (sulfide) groups is 1. The highest BCUT2D eigenvalue weighted by Gasteiger charge is 2.09. The zero-order valence-corrected chi connectivity index (χ0v) is 13.3. The number of hydrogen-bond acceptors (Lipinski definition) is 5. The number of imide groups is 1. The molecule has 0 atom stereocenters. The summed E-state index contributed by atoms with van der Waals surface area (Å²) in [5, 5.41) is 4.72. The van der Waals surface area contributed by atoms with Crippen LogP contribution in [0.2, 0.25) is 0 Å². The normalized spacial score (nSPS) is 10.1. The number of ether oxygens (including phenoxy) is 1. The van der Waals surface area contributed by atoms with E-state index in [9.17, 15) is 9.59 Å². The van der Waals surface area contributed by atoms with Crippen molar-refractivity contribution < 1.29 is 14.3 Å². The van der Waals surface area contributed by atoms with Crippen LogP contribution in [0.4, 0.5) is 10.5 Å². The molecule has 0 unspecified atom stereocenters. The van der Waals surface area contributed by atoms with Crippen molar-refractivity contribution >= 4 is 45.3 Å². The summed E-state index contributed by atoms with van der Waals surface area (Å²) in [5.41, 5.74) is 6.38. The molecule has 0 saturated carbocycles. The summed E-state index contributed by atoms with van der Waals surface area (Å²) in [7, 11) is 1.53. The van der Waals surface area contributed by atoms with Crippen molar-refractivity contribution in [1.29, 1.82) is 0 Å². The van der Waals surface area contributed by atoms with Gasteiger partial charge >= 0.3 is 6.03 Å². The number of anilines is 1. The minimum absolute atomic E-state index is 0.109. The maximum Gasteiger partial charge on any atom is 0.321 e. The van der Waals surface area contributed by atoms with Crippen LogP contribution >= 0.6 is 27.7 Å². The Morgan fingerprint density at radius 2 is 2.20 bits per heavy atom. The molecule has 20 heavy (non-hydrogen) atoms. The number of methoxy groups -OCH3 is 1. The molecule has 0 saturated heterocycles. The van der Waals surface area contributed by atoms with Gasteiger partial charge in [-0.05, 0) is 18.2 Å². The maximum atomic E-state index is 11.6. The summed E-state index contributed by atoms with van der Waals surface area (Å²) < 4.78 is 5.66. The zero-order chi connectivity index (χ0) is 15.0. The monoisotopic (exact) mass is 361 g/mol. The van der Waals surface area contributed by atoms with E-state index in [2.05, 4.69) is 26.6 Å². The van der Waals surface area contributed by atoms with Gasteiger partial charge in [0.25, 0.3) is 0 Å². The third kappa shape index (κ3) is 6.27. The minimum Gasteiger partial charge on any atom is -0.398 e. The van der Waals surface area contributed by atoms with Crippen LogP contribution in [0.5, 0.6) is 0 Å². The van der Waals surface area contributed by atoms with Crippen LogP contribution in [0.3, 0.4) is 0 Å². The first-order valence-corrected chi connectivity index (χ1v) is 7.55. The lowest BCUT2D eigenvalue weighted by molar-refractivity contribution is -0.117. The van der Waals surface area contributed by atoms with E-state index in [1.54, 1.807) is 6.07 Å². The molecular weight excluding hydrogens is 346 g/mol. The van der Waals surface area contributed by atoms with Gasteiger partial charge in [-0.3, -0.25) is 10.1 Å². The lowest BCUT2D eigenvalue weighted by Crippen LogP contribution is -2.41. The highest BCUT2D eigenvalue weighted by Crippen LogP contribution is 2.27. The van der Waals surface area contributed by atoms with Crippen LogP contribution in [0.25, 0.3) is 0 Å². The molecule has 8 heteroatoms. The minimum atomic E-state index is -0.533. The fraction of sp³-hybridized carbons (Fsp3) is 0.333. The highest BCUT2D eigenvalue weighted by molar-refractivity contribution is 9.10. The van der Waals surface area contributed by atoms with E-state index < -0.39 is 6.03 Å². The van der Waals surface area contributed by atoms with Crippen molar-refractivity contribution in [2.24, 2.45) is 0 Å².